The van der Waals surface area contributed by atoms with Crippen LogP contribution in [0.1, 0.15) is 10.4 Å². The minimum atomic E-state index is -0.426. The lowest BCUT2D eigenvalue weighted by Crippen LogP contribution is -2.12. The van der Waals surface area contributed by atoms with Gasteiger partial charge in [-0.05, 0) is 42.5 Å². The van der Waals surface area contributed by atoms with Gasteiger partial charge in [-0.2, -0.15) is 0 Å². The normalized spacial score (nSPS) is 10.0. The van der Waals surface area contributed by atoms with Crippen molar-refractivity contribution in [3.8, 4) is 11.5 Å². The largest absolute Gasteiger partial charge is 0.507 e. The minimum Gasteiger partial charge on any atom is -0.507 e. The fourth-order valence-corrected chi connectivity index (χ4v) is 1.74. The molecule has 0 bridgehead atoms. The molecule has 19 heavy (non-hydrogen) atoms. The maximum atomic E-state index is 12.0. The highest BCUT2D eigenvalue weighted by atomic mass is 35.5. The third kappa shape index (κ3) is 3.17. The Labute approximate surface area is 115 Å². The molecule has 5 heteroatoms. The van der Waals surface area contributed by atoms with Crippen molar-refractivity contribution in [2.75, 3.05) is 12.4 Å². The van der Waals surface area contributed by atoms with Crippen molar-refractivity contribution in [1.82, 2.24) is 0 Å². The van der Waals surface area contributed by atoms with Crippen LogP contribution in [0.15, 0.2) is 42.5 Å². The van der Waals surface area contributed by atoms with Gasteiger partial charge in [-0.3, -0.25) is 4.79 Å². The van der Waals surface area contributed by atoms with Crippen LogP contribution in [0.5, 0.6) is 11.5 Å². The standard InChI is InChI=1S/C14H12ClNO3/c1-19-11-5-3-10(4-6-11)16-14(18)12-8-9(15)2-7-13(12)17/h2-8,17H,1H3,(H,16,18). The number of hydrogen-bond acceptors (Lipinski definition) is 3. The van der Waals surface area contributed by atoms with Gasteiger partial charge in [-0.25, -0.2) is 0 Å². The summed E-state index contributed by atoms with van der Waals surface area (Å²) in [4.78, 5) is 12.0. The average Bonchev–Trinajstić information content (AvgIpc) is 2.42. The topological polar surface area (TPSA) is 58.6 Å². The third-order valence-electron chi connectivity index (χ3n) is 2.55. The van der Waals surface area contributed by atoms with E-state index in [1.165, 1.54) is 18.2 Å². The highest BCUT2D eigenvalue weighted by molar-refractivity contribution is 6.31. The second-order valence-corrected chi connectivity index (χ2v) is 4.28. The number of phenols is 1. The summed E-state index contributed by atoms with van der Waals surface area (Å²) < 4.78 is 5.02. The predicted molar refractivity (Wildman–Crippen MR) is 74.1 cm³/mol. The molecule has 0 aliphatic rings. The first-order valence-corrected chi connectivity index (χ1v) is 5.92. The van der Waals surface area contributed by atoms with Crippen molar-refractivity contribution in [3.63, 3.8) is 0 Å². The lowest BCUT2D eigenvalue weighted by molar-refractivity contribution is 0.102. The molecule has 2 rings (SSSR count). The van der Waals surface area contributed by atoms with E-state index in [-0.39, 0.29) is 11.3 Å². The number of aromatic hydroxyl groups is 1. The minimum absolute atomic E-state index is 0.115. The Bertz CT molecular complexity index is 596. The Morgan fingerprint density at radius 1 is 1.21 bits per heavy atom. The summed E-state index contributed by atoms with van der Waals surface area (Å²) in [5, 5.41) is 12.7. The number of methoxy groups -OCH3 is 1. The number of hydrogen-bond donors (Lipinski definition) is 2. The number of carbonyl (C=O) groups excluding carboxylic acids is 1. The molecule has 2 N–H and O–H groups in total. The van der Waals surface area contributed by atoms with Crippen LogP contribution < -0.4 is 10.1 Å². The van der Waals surface area contributed by atoms with Crippen molar-refractivity contribution in [2.24, 2.45) is 0 Å². The number of anilines is 1. The van der Waals surface area contributed by atoms with E-state index in [4.69, 9.17) is 16.3 Å². The summed E-state index contributed by atoms with van der Waals surface area (Å²) in [5.74, 6) is 0.157. The molecule has 0 fully saturated rings. The first kappa shape index (κ1) is 13.2. The van der Waals surface area contributed by atoms with E-state index in [1.807, 2.05) is 0 Å². The summed E-state index contributed by atoms with van der Waals surface area (Å²) in [6, 6.07) is 11.2. The number of halogens is 1. The number of carbonyl (C=O) groups is 1. The van der Waals surface area contributed by atoms with E-state index in [2.05, 4.69) is 5.32 Å². The van der Waals surface area contributed by atoms with Crippen molar-refractivity contribution >= 4 is 23.2 Å². The Hall–Kier alpha value is -2.20. The quantitative estimate of drug-likeness (QED) is 0.905. The lowest BCUT2D eigenvalue weighted by atomic mass is 10.2. The number of nitrogens with one attached hydrogen (secondary N) is 1. The van der Waals surface area contributed by atoms with Crippen LogP contribution in [0.25, 0.3) is 0 Å². The molecule has 4 nitrogen and oxygen atoms in total. The van der Waals surface area contributed by atoms with E-state index < -0.39 is 5.91 Å². The van der Waals surface area contributed by atoms with Gasteiger partial charge in [0.1, 0.15) is 11.5 Å². The Morgan fingerprint density at radius 3 is 2.53 bits per heavy atom. The highest BCUT2D eigenvalue weighted by Gasteiger charge is 2.11. The van der Waals surface area contributed by atoms with Gasteiger partial charge in [0, 0.05) is 10.7 Å². The van der Waals surface area contributed by atoms with Crippen LogP contribution in [-0.4, -0.2) is 18.1 Å². The van der Waals surface area contributed by atoms with Gasteiger partial charge in [-0.1, -0.05) is 11.6 Å². The van der Waals surface area contributed by atoms with Gasteiger partial charge in [0.05, 0.1) is 12.7 Å². The Morgan fingerprint density at radius 2 is 1.89 bits per heavy atom. The monoisotopic (exact) mass is 277 g/mol. The zero-order valence-electron chi connectivity index (χ0n) is 10.2. The van der Waals surface area contributed by atoms with Crippen LogP contribution >= 0.6 is 11.6 Å². The van der Waals surface area contributed by atoms with E-state index in [0.717, 1.165) is 0 Å². The van der Waals surface area contributed by atoms with Gasteiger partial charge >= 0.3 is 0 Å². The number of ether oxygens (including phenoxy) is 1. The van der Waals surface area contributed by atoms with Crippen LogP contribution in [0, 0.1) is 0 Å². The van der Waals surface area contributed by atoms with Crippen molar-refractivity contribution in [3.05, 3.63) is 53.1 Å². The zero-order chi connectivity index (χ0) is 13.8. The SMILES string of the molecule is COc1ccc(NC(=O)c2cc(Cl)ccc2O)cc1. The van der Waals surface area contributed by atoms with E-state index >= 15 is 0 Å². The molecule has 0 saturated heterocycles. The molecule has 0 heterocycles. The molecule has 0 aliphatic heterocycles. The van der Waals surface area contributed by atoms with Crippen molar-refractivity contribution < 1.29 is 14.6 Å². The average molecular weight is 278 g/mol. The predicted octanol–water partition coefficient (Wildman–Crippen LogP) is 3.31. The van der Waals surface area contributed by atoms with Gasteiger partial charge < -0.3 is 15.2 Å². The Balaban J connectivity index is 2.18. The second kappa shape index (κ2) is 5.63. The van der Waals surface area contributed by atoms with Crippen molar-refractivity contribution in [2.45, 2.75) is 0 Å². The van der Waals surface area contributed by atoms with E-state index in [0.29, 0.717) is 16.5 Å². The van der Waals surface area contributed by atoms with Crippen LogP contribution in [0.4, 0.5) is 5.69 Å². The van der Waals surface area contributed by atoms with Crippen molar-refractivity contribution in [1.29, 1.82) is 0 Å². The molecule has 0 aliphatic carbocycles. The smallest absolute Gasteiger partial charge is 0.259 e. The fourth-order valence-electron chi connectivity index (χ4n) is 1.56. The lowest BCUT2D eigenvalue weighted by Gasteiger charge is -2.08. The van der Waals surface area contributed by atoms with Gasteiger partial charge in [0.2, 0.25) is 0 Å². The van der Waals surface area contributed by atoms with Crippen LogP contribution in [-0.2, 0) is 0 Å². The fraction of sp³-hybridized carbons (Fsp3) is 0.0714. The molecule has 0 spiro atoms. The number of rotatable bonds is 3. The molecule has 0 unspecified atom stereocenters. The molecular formula is C14H12ClNO3. The first-order chi connectivity index (χ1) is 9.10. The van der Waals surface area contributed by atoms with Gasteiger partial charge in [0.15, 0.2) is 0 Å². The molecule has 0 saturated carbocycles. The summed E-state index contributed by atoms with van der Waals surface area (Å²) in [7, 11) is 1.57. The van der Waals surface area contributed by atoms with E-state index in [1.54, 1.807) is 31.4 Å². The maximum Gasteiger partial charge on any atom is 0.259 e. The van der Waals surface area contributed by atoms with Crippen LogP contribution in [0.3, 0.4) is 0 Å². The second-order valence-electron chi connectivity index (χ2n) is 3.84. The van der Waals surface area contributed by atoms with Gasteiger partial charge in [-0.15, -0.1) is 0 Å². The van der Waals surface area contributed by atoms with Crippen LogP contribution in [0.2, 0.25) is 5.02 Å². The molecule has 2 aromatic carbocycles. The molecular weight excluding hydrogens is 266 g/mol. The number of phenolic OH excluding ortho intramolecular Hbond substituents is 1. The highest BCUT2D eigenvalue weighted by Crippen LogP contribution is 2.23. The van der Waals surface area contributed by atoms with Gasteiger partial charge in [0.25, 0.3) is 5.91 Å². The maximum absolute atomic E-state index is 12.0. The Kier molecular flexibility index (Phi) is 3.92. The molecule has 0 aromatic heterocycles. The molecule has 0 atom stereocenters. The number of amides is 1. The summed E-state index contributed by atoms with van der Waals surface area (Å²) in [6.45, 7) is 0. The summed E-state index contributed by atoms with van der Waals surface area (Å²) in [5.41, 5.74) is 0.730. The zero-order valence-corrected chi connectivity index (χ0v) is 10.9. The summed E-state index contributed by atoms with van der Waals surface area (Å²) in [6.07, 6.45) is 0. The third-order valence-corrected chi connectivity index (χ3v) is 2.79. The van der Waals surface area contributed by atoms with E-state index in [9.17, 15) is 9.90 Å². The molecule has 2 aromatic rings. The molecule has 1 amide bonds. The summed E-state index contributed by atoms with van der Waals surface area (Å²) >= 11 is 5.80. The molecule has 98 valence electrons. The first-order valence-electron chi connectivity index (χ1n) is 5.54. The molecule has 0 radical (unpaired) electrons. The number of benzene rings is 2.